The zero-order chi connectivity index (χ0) is 25.0. The summed E-state index contributed by atoms with van der Waals surface area (Å²) < 4.78 is 1.69. The van der Waals surface area contributed by atoms with Crippen molar-refractivity contribution in [3.8, 4) is 5.88 Å². The first-order valence-corrected chi connectivity index (χ1v) is 13.0. The molecule has 3 N–H and O–H groups in total. The van der Waals surface area contributed by atoms with Crippen LogP contribution in [0, 0.1) is 0 Å². The first kappa shape index (κ1) is 23.0. The summed E-state index contributed by atoms with van der Waals surface area (Å²) >= 11 is 1.56. The van der Waals surface area contributed by atoms with Crippen LogP contribution in [0.5, 0.6) is 5.88 Å². The Kier molecular flexibility index (Phi) is 5.72. The summed E-state index contributed by atoms with van der Waals surface area (Å²) in [7, 11) is 4.11. The number of nitrogens with one attached hydrogen (secondary N) is 2. The van der Waals surface area contributed by atoms with E-state index >= 15 is 0 Å². The molecule has 1 saturated heterocycles. The van der Waals surface area contributed by atoms with Crippen LogP contribution in [0.3, 0.4) is 0 Å². The zero-order valence-electron chi connectivity index (χ0n) is 20.1. The molecule has 188 valence electrons. The van der Waals surface area contributed by atoms with Crippen LogP contribution in [0.25, 0.3) is 11.7 Å². The minimum atomic E-state index is -0.492. The van der Waals surface area contributed by atoms with Gasteiger partial charge >= 0.3 is 5.69 Å². The van der Waals surface area contributed by atoms with E-state index in [9.17, 15) is 14.7 Å². The molecule has 1 amide bonds. The fourth-order valence-electron chi connectivity index (χ4n) is 4.67. The van der Waals surface area contributed by atoms with Gasteiger partial charge in [0.25, 0.3) is 5.91 Å². The molecule has 2 fully saturated rings. The molecule has 3 aromatic rings. The number of likely N-dealkylation sites (N-methyl/N-ethyl adjacent to an activating group) is 1. The van der Waals surface area contributed by atoms with Crippen molar-refractivity contribution < 1.29 is 9.90 Å². The Labute approximate surface area is 210 Å². The number of hydrogen-bond acceptors (Lipinski definition) is 8. The first-order valence-electron chi connectivity index (χ1n) is 12.1. The predicted molar refractivity (Wildman–Crippen MR) is 135 cm³/mol. The van der Waals surface area contributed by atoms with Crippen molar-refractivity contribution in [1.82, 2.24) is 34.4 Å². The van der Waals surface area contributed by atoms with Crippen molar-refractivity contribution in [3.05, 3.63) is 55.8 Å². The number of carbonyl (C=O) groups excluding carboxylic acids is 1. The van der Waals surface area contributed by atoms with Gasteiger partial charge in [-0.3, -0.25) is 14.8 Å². The topological polar surface area (TPSA) is 135 Å². The van der Waals surface area contributed by atoms with Gasteiger partial charge in [0.05, 0.1) is 28.1 Å². The lowest BCUT2D eigenvalue weighted by Gasteiger charge is -2.21. The molecule has 3 aromatic heterocycles. The summed E-state index contributed by atoms with van der Waals surface area (Å²) in [6.07, 6.45) is 9.12. The summed E-state index contributed by atoms with van der Waals surface area (Å²) in [4.78, 5) is 44.3. The number of amides is 1. The molecule has 0 spiro atoms. The molecule has 2 atom stereocenters. The Morgan fingerprint density at radius 3 is 2.83 bits per heavy atom. The molecule has 0 aromatic carbocycles. The summed E-state index contributed by atoms with van der Waals surface area (Å²) in [5, 5.41) is 15.1. The third-order valence-corrected chi connectivity index (χ3v) is 8.22. The van der Waals surface area contributed by atoms with Crippen molar-refractivity contribution in [2.45, 2.75) is 43.0 Å². The largest absolute Gasteiger partial charge is 0.493 e. The quantitative estimate of drug-likeness (QED) is 0.451. The number of rotatable bonds is 5. The molecule has 1 saturated carbocycles. The molecule has 3 aliphatic rings. The van der Waals surface area contributed by atoms with E-state index in [0.29, 0.717) is 23.3 Å². The number of imidazole rings is 1. The minimum absolute atomic E-state index is 0.00225. The molecule has 5 heterocycles. The number of aromatic nitrogens is 5. The summed E-state index contributed by atoms with van der Waals surface area (Å²) in [5.41, 5.74) is 1.91. The summed E-state index contributed by atoms with van der Waals surface area (Å²) in [5.74, 6) is -0.142. The molecule has 0 bridgehead atoms. The van der Waals surface area contributed by atoms with Crippen LogP contribution < -0.4 is 16.4 Å². The zero-order valence-corrected chi connectivity index (χ0v) is 21.0. The van der Waals surface area contributed by atoms with Gasteiger partial charge in [0.2, 0.25) is 5.88 Å². The number of H-pyrrole nitrogens is 2. The molecule has 0 radical (unpaired) electrons. The van der Waals surface area contributed by atoms with Crippen LogP contribution in [-0.4, -0.2) is 84.6 Å². The van der Waals surface area contributed by atoms with E-state index in [-0.39, 0.29) is 28.8 Å². The van der Waals surface area contributed by atoms with Crippen LogP contribution in [-0.2, 0) is 4.79 Å². The number of nitrogens with zero attached hydrogens (tertiary/aromatic N) is 6. The average molecular weight is 509 g/mol. The van der Waals surface area contributed by atoms with Crippen LogP contribution in [0.1, 0.15) is 42.3 Å². The number of carbonyl (C=O) groups is 1. The van der Waals surface area contributed by atoms with Crippen molar-refractivity contribution in [3.63, 3.8) is 0 Å². The van der Waals surface area contributed by atoms with Gasteiger partial charge in [-0.05, 0) is 45.9 Å². The van der Waals surface area contributed by atoms with E-state index in [2.05, 4.69) is 34.1 Å². The average Bonchev–Trinajstić information content (AvgIpc) is 3.25. The third kappa shape index (κ3) is 4.35. The number of likely N-dealkylation sites (tertiary alicyclic amines) is 1. The van der Waals surface area contributed by atoms with Gasteiger partial charge in [0, 0.05) is 30.4 Å². The van der Waals surface area contributed by atoms with Gasteiger partial charge in [0.1, 0.15) is 5.69 Å². The fraction of sp³-hybridized carbons (Fsp3) is 0.458. The Morgan fingerprint density at radius 2 is 2.14 bits per heavy atom. The Morgan fingerprint density at radius 1 is 1.31 bits per heavy atom. The molecule has 2 aliphatic heterocycles. The van der Waals surface area contributed by atoms with Gasteiger partial charge in [-0.15, -0.1) is 11.8 Å². The molecule has 36 heavy (non-hydrogen) atoms. The second-order valence-electron chi connectivity index (χ2n) is 9.79. The van der Waals surface area contributed by atoms with E-state index in [1.807, 2.05) is 17.0 Å². The SMILES string of the molecule is CN(C)C1CCN(C(=O)C2=CCC(c3cc(=NC4CC4)n4ncc(=Cc5[nH]c(=O)[nH]c5O)c4n3)S2)C1. The molecule has 6 rings (SSSR count). The van der Waals surface area contributed by atoms with Gasteiger partial charge in [0.15, 0.2) is 11.1 Å². The number of thioether (sulfide) groups is 1. The lowest BCUT2D eigenvalue weighted by atomic mass is 10.2. The van der Waals surface area contributed by atoms with Crippen molar-refractivity contribution in [2.75, 3.05) is 27.2 Å². The number of hydrogen-bond donors (Lipinski definition) is 3. The number of aromatic hydroxyl groups is 1. The highest BCUT2D eigenvalue weighted by Gasteiger charge is 2.33. The second-order valence-corrected chi connectivity index (χ2v) is 11.0. The maximum atomic E-state index is 13.2. The van der Waals surface area contributed by atoms with Gasteiger partial charge < -0.3 is 19.9 Å². The maximum absolute atomic E-state index is 13.2. The lowest BCUT2D eigenvalue weighted by molar-refractivity contribution is -0.125. The Hall–Kier alpha value is -3.38. The highest BCUT2D eigenvalue weighted by Crippen LogP contribution is 2.43. The monoisotopic (exact) mass is 508 g/mol. The van der Waals surface area contributed by atoms with Crippen LogP contribution in [0.4, 0.5) is 0 Å². The fourth-order valence-corrected chi connectivity index (χ4v) is 5.83. The Balaban J connectivity index is 1.32. The summed E-state index contributed by atoms with van der Waals surface area (Å²) in [6.45, 7) is 1.54. The number of allylic oxidation sites excluding steroid dienone is 1. The van der Waals surface area contributed by atoms with E-state index < -0.39 is 5.69 Å². The standard InChI is InChI=1S/C24H28N8O3S/c1-30(2)15-7-8-31(12-15)23(34)19-6-5-18(36-19)16-10-20(26-14-3-4-14)32-21(27-16)13(11-25-32)9-17-22(33)29-24(35)28-17/h6,9-11,14-15,18,33H,3-5,7-8,12H2,1-2H3,(H2,28,29,35). The molecule has 2 unspecified atom stereocenters. The van der Waals surface area contributed by atoms with Gasteiger partial charge in [-0.25, -0.2) is 9.78 Å². The molecular weight excluding hydrogens is 480 g/mol. The maximum Gasteiger partial charge on any atom is 0.326 e. The van der Waals surface area contributed by atoms with Gasteiger partial charge in [-0.1, -0.05) is 6.08 Å². The van der Waals surface area contributed by atoms with Crippen molar-refractivity contribution in [1.29, 1.82) is 0 Å². The second kappa shape index (κ2) is 8.93. The van der Waals surface area contributed by atoms with E-state index in [1.54, 1.807) is 28.6 Å². The van der Waals surface area contributed by atoms with Crippen molar-refractivity contribution in [2.24, 2.45) is 4.99 Å². The number of fused-ring (bicyclic) bond motifs is 1. The molecule has 11 nitrogen and oxygen atoms in total. The lowest BCUT2D eigenvalue weighted by Crippen LogP contribution is -2.34. The molecule has 12 heteroatoms. The van der Waals surface area contributed by atoms with Crippen LogP contribution in [0.2, 0.25) is 0 Å². The van der Waals surface area contributed by atoms with E-state index in [1.165, 1.54) is 0 Å². The molecule has 1 aliphatic carbocycles. The smallest absolute Gasteiger partial charge is 0.326 e. The number of aromatic amines is 2. The minimum Gasteiger partial charge on any atom is -0.493 e. The van der Waals surface area contributed by atoms with Gasteiger partial charge in [-0.2, -0.15) is 9.61 Å². The highest BCUT2D eigenvalue weighted by atomic mass is 32.2. The predicted octanol–water partition coefficient (Wildman–Crippen LogP) is 0.287. The van der Waals surface area contributed by atoms with Crippen LogP contribution in [0.15, 0.2) is 33.0 Å². The molecular formula is C24H28N8O3S. The highest BCUT2D eigenvalue weighted by molar-refractivity contribution is 8.04. The van der Waals surface area contributed by atoms with E-state index in [4.69, 9.17) is 9.98 Å². The van der Waals surface area contributed by atoms with E-state index in [0.717, 1.165) is 48.4 Å². The van der Waals surface area contributed by atoms with Crippen molar-refractivity contribution >= 4 is 29.4 Å². The van der Waals surface area contributed by atoms with Crippen LogP contribution >= 0.6 is 11.8 Å². The first-order chi connectivity index (χ1) is 17.4. The third-order valence-electron chi connectivity index (χ3n) is 6.91. The summed E-state index contributed by atoms with van der Waals surface area (Å²) in [6, 6.07) is 2.66. The Bertz CT molecular complexity index is 1550. The normalized spacial score (nSPS) is 23.4.